The molecule has 0 amide bonds. The van der Waals surface area contributed by atoms with Crippen molar-refractivity contribution >= 4 is 40.5 Å². The Kier molecular flexibility index (Phi) is 25.5. The van der Waals surface area contributed by atoms with E-state index in [0.29, 0.717) is 0 Å². The fourth-order valence-corrected chi connectivity index (χ4v) is 0.117. The highest BCUT2D eigenvalue weighted by molar-refractivity contribution is 7.73. The molecular weight excluding hydrogens is 243 g/mol. The molecule has 0 atom stereocenters. The quantitative estimate of drug-likeness (QED) is 0.322. The van der Waals surface area contributed by atoms with Crippen LogP contribution in [0.2, 0.25) is 0 Å². The minimum Gasteiger partial charge on any atom is -0.435 e. The molecule has 2 N–H and O–H groups in total. The Morgan fingerprint density at radius 2 is 1.85 bits per heavy atom. The maximum atomic E-state index is 9.75. The highest BCUT2D eigenvalue weighted by Gasteiger charge is 1.79. The van der Waals surface area contributed by atoms with E-state index in [9.17, 15) is 4.79 Å². The van der Waals surface area contributed by atoms with Crippen LogP contribution in [0.1, 0.15) is 6.92 Å². The zero-order valence-corrected chi connectivity index (χ0v) is 9.10. The molecule has 0 rings (SSSR count). The number of carbonyl (C=O) groups excluding carboxylic acids is 1. The fraction of sp³-hybridized carbons (Fsp3) is 0.400. The second-order valence-electron chi connectivity index (χ2n) is 1.11. The molecule has 0 aliphatic heterocycles. The molecule has 8 heteroatoms. The Hall–Kier alpha value is -0.140. The van der Waals surface area contributed by atoms with Crippen molar-refractivity contribution in [2.75, 3.05) is 5.34 Å². The summed E-state index contributed by atoms with van der Waals surface area (Å²) >= 11 is 6.92. The number of halogens is 2. The number of alkyl halides is 2. The van der Waals surface area contributed by atoms with Gasteiger partial charge in [0, 0.05) is 6.92 Å². The zero-order valence-electron chi connectivity index (χ0n) is 6.77. The molecule has 0 radical (unpaired) electrons. The number of carbonyl (C=O) groups is 1. The van der Waals surface area contributed by atoms with Crippen molar-refractivity contribution in [2.24, 2.45) is 0 Å². The second-order valence-corrected chi connectivity index (χ2v) is 2.38. The minimum absolute atomic E-state index is 0.194. The largest absolute Gasteiger partial charge is 0.435 e. The number of hydrogen-bond acceptors (Lipinski definition) is 3. The first-order chi connectivity index (χ1) is 5.92. The van der Waals surface area contributed by atoms with Crippen molar-refractivity contribution in [3.63, 3.8) is 0 Å². The van der Waals surface area contributed by atoms with E-state index in [2.05, 4.69) is 11.3 Å². The summed E-state index contributed by atoms with van der Waals surface area (Å²) in [5, 5.41) is 0.194. The van der Waals surface area contributed by atoms with Crippen molar-refractivity contribution in [2.45, 2.75) is 6.92 Å². The van der Waals surface area contributed by atoms with Crippen LogP contribution in [0.4, 0.5) is 0 Å². The van der Waals surface area contributed by atoms with Crippen LogP contribution in [0.3, 0.4) is 0 Å². The monoisotopic (exact) mass is 252 g/mol. The molecule has 0 aromatic carbocycles. The molecule has 0 saturated carbocycles. The van der Waals surface area contributed by atoms with E-state index in [4.69, 9.17) is 36.5 Å². The van der Waals surface area contributed by atoms with Gasteiger partial charge in [-0.25, -0.2) is 0 Å². The number of ether oxygens (including phenoxy) is 1. The average Bonchev–Trinajstić information content (AvgIpc) is 1.86. The van der Waals surface area contributed by atoms with Crippen molar-refractivity contribution in [3.8, 4) is 0 Å². The van der Waals surface area contributed by atoms with Gasteiger partial charge < -0.3 is 4.74 Å². The summed E-state index contributed by atoms with van der Waals surface area (Å²) in [7, 11) is 0. The normalized spacial score (nSPS) is 7.23. The molecule has 0 saturated heterocycles. The van der Waals surface area contributed by atoms with Crippen LogP contribution in [-0.2, 0) is 20.9 Å². The maximum Gasteiger partial charge on any atom is 0.307 e. The van der Waals surface area contributed by atoms with Crippen LogP contribution in [-0.4, -0.2) is 24.6 Å². The fourth-order valence-electron chi connectivity index (χ4n) is 0.117. The van der Waals surface area contributed by atoms with E-state index < -0.39 is 11.4 Å². The highest BCUT2D eigenvalue weighted by Crippen LogP contribution is 1.73. The summed E-state index contributed by atoms with van der Waals surface area (Å²) in [4.78, 5) is 9.75. The predicted octanol–water partition coefficient (Wildman–Crippen LogP) is 1.80. The van der Waals surface area contributed by atoms with Gasteiger partial charge in [0.05, 0.1) is 11.6 Å². The molecule has 0 aliphatic carbocycles. The molecule has 0 spiro atoms. The topological polar surface area (TPSA) is 83.8 Å². The molecular formula is C5H10Cl2O5S. The summed E-state index contributed by atoms with van der Waals surface area (Å²) < 4.78 is 27.0. The molecule has 0 bridgehead atoms. The molecule has 0 fully saturated rings. The number of esters is 1. The Bertz CT molecular complexity index is 148. The first-order valence-corrected chi connectivity index (χ1v) is 4.75. The summed E-state index contributed by atoms with van der Waals surface area (Å²) in [5.41, 5.74) is 0. The first kappa shape index (κ1) is 18.6. The maximum absolute atomic E-state index is 9.75. The van der Waals surface area contributed by atoms with Crippen LogP contribution in [0, 0.1) is 0 Å². The lowest BCUT2D eigenvalue weighted by molar-refractivity contribution is -0.135. The zero-order chi connectivity index (χ0) is 11.3. The third-order valence-corrected chi connectivity index (χ3v) is 0.249. The van der Waals surface area contributed by atoms with Gasteiger partial charge in [0.2, 0.25) is 0 Å². The summed E-state index contributed by atoms with van der Waals surface area (Å²) in [6.07, 6.45) is 1.10. The van der Waals surface area contributed by atoms with Gasteiger partial charge in [-0.3, -0.25) is 13.9 Å². The lowest BCUT2D eigenvalue weighted by Gasteiger charge is -1.83. The third kappa shape index (κ3) is 141. The second kappa shape index (κ2) is 17.8. The van der Waals surface area contributed by atoms with Gasteiger partial charge in [0.1, 0.15) is 0 Å². The summed E-state index contributed by atoms with van der Waals surface area (Å²) in [6, 6.07) is 0. The molecule has 5 nitrogen and oxygen atoms in total. The summed E-state index contributed by atoms with van der Waals surface area (Å²) in [5.74, 6) is -0.329. The van der Waals surface area contributed by atoms with Crippen LogP contribution in [0.25, 0.3) is 0 Å². The Balaban J connectivity index is -0.000000125. The molecule has 80 valence electrons. The van der Waals surface area contributed by atoms with E-state index in [1.165, 1.54) is 6.92 Å². The molecule has 0 unspecified atom stereocenters. The molecule has 0 aliphatic rings. The number of hydrogen-bond donors (Lipinski definition) is 2. The van der Waals surface area contributed by atoms with Crippen LogP contribution >= 0.6 is 23.2 Å². The number of rotatable bonds is 1. The van der Waals surface area contributed by atoms with E-state index in [1.54, 1.807) is 0 Å². The standard InChI is InChI=1S/C4H6O2.CH2Cl2.H2O3S/c1-3-6-4(2)5;2-1-3;1-4(2)3/h3H,1H2,2H3;1H2;(H2,1,2,3). The smallest absolute Gasteiger partial charge is 0.307 e. The van der Waals surface area contributed by atoms with E-state index in [0.717, 1.165) is 6.26 Å². The lowest BCUT2D eigenvalue weighted by Crippen LogP contribution is -1.87. The highest BCUT2D eigenvalue weighted by atomic mass is 35.5. The van der Waals surface area contributed by atoms with Crippen LogP contribution in [0.5, 0.6) is 0 Å². The van der Waals surface area contributed by atoms with Crippen molar-refractivity contribution in [1.82, 2.24) is 0 Å². The van der Waals surface area contributed by atoms with Gasteiger partial charge in [-0.2, -0.15) is 4.21 Å². The van der Waals surface area contributed by atoms with Crippen LogP contribution in [0.15, 0.2) is 12.8 Å². The molecule has 0 heterocycles. The van der Waals surface area contributed by atoms with E-state index in [1.807, 2.05) is 0 Å². The molecule has 0 aromatic rings. The van der Waals surface area contributed by atoms with Crippen molar-refractivity contribution < 1.29 is 22.8 Å². The summed E-state index contributed by atoms with van der Waals surface area (Å²) in [6.45, 7) is 4.48. The van der Waals surface area contributed by atoms with Gasteiger partial charge in [-0.05, 0) is 0 Å². The first-order valence-electron chi connectivity index (χ1n) is 2.62. The van der Waals surface area contributed by atoms with Gasteiger partial charge >= 0.3 is 5.97 Å². The van der Waals surface area contributed by atoms with Crippen molar-refractivity contribution in [1.29, 1.82) is 0 Å². The Morgan fingerprint density at radius 1 is 1.62 bits per heavy atom. The van der Waals surface area contributed by atoms with Gasteiger partial charge in [0.15, 0.2) is 0 Å². The van der Waals surface area contributed by atoms with E-state index in [-0.39, 0.29) is 11.3 Å². The Labute approximate surface area is 88.8 Å². The SMILES string of the molecule is C=COC(C)=O.ClCCl.O=S(O)O. The third-order valence-electron chi connectivity index (χ3n) is 0.249. The molecule has 0 aromatic heterocycles. The average molecular weight is 253 g/mol. The van der Waals surface area contributed by atoms with Gasteiger partial charge in [-0.1, -0.05) is 6.58 Å². The lowest BCUT2D eigenvalue weighted by atomic mass is 10.8. The predicted molar refractivity (Wildman–Crippen MR) is 51.9 cm³/mol. The van der Waals surface area contributed by atoms with E-state index >= 15 is 0 Å². The van der Waals surface area contributed by atoms with Crippen molar-refractivity contribution in [3.05, 3.63) is 12.8 Å². The van der Waals surface area contributed by atoms with Gasteiger partial charge in [-0.15, -0.1) is 23.2 Å². The molecule has 13 heavy (non-hydrogen) atoms. The minimum atomic E-state index is -2.61. The van der Waals surface area contributed by atoms with Gasteiger partial charge in [0.25, 0.3) is 11.4 Å². The Morgan fingerprint density at radius 3 is 1.85 bits per heavy atom. The van der Waals surface area contributed by atoms with Crippen LogP contribution < -0.4 is 0 Å².